The third-order valence-electron chi connectivity index (χ3n) is 6.06. The zero-order chi connectivity index (χ0) is 20.4. The number of carboxylic acid groups (broad SMARTS) is 1. The summed E-state index contributed by atoms with van der Waals surface area (Å²) in [5.41, 5.74) is 4.77. The Morgan fingerprint density at radius 2 is 1.59 bits per heavy atom. The molecule has 1 N–H and O–H groups in total. The molecule has 1 aliphatic carbocycles. The zero-order valence-corrected chi connectivity index (χ0v) is 16.4. The highest BCUT2D eigenvalue weighted by Crippen LogP contribution is 2.44. The van der Waals surface area contributed by atoms with Crippen molar-refractivity contribution in [2.45, 2.75) is 24.9 Å². The predicted molar refractivity (Wildman–Crippen MR) is 108 cm³/mol. The maximum absolute atomic E-state index is 12.6. The summed E-state index contributed by atoms with van der Waals surface area (Å²) in [6.07, 6.45) is 0.0264. The minimum Gasteiger partial charge on any atom is -0.479 e. The number of carbonyl (C=O) groups is 2. The van der Waals surface area contributed by atoms with Crippen LogP contribution in [-0.4, -0.2) is 55.0 Å². The van der Waals surface area contributed by atoms with Crippen molar-refractivity contribution in [3.63, 3.8) is 0 Å². The molecule has 2 aliphatic rings. The van der Waals surface area contributed by atoms with Gasteiger partial charge in [0.15, 0.2) is 6.10 Å². The summed E-state index contributed by atoms with van der Waals surface area (Å²) in [6, 6.07) is 16.5. The SMILES string of the molecule is COC(C(=O)O)C1CCN(C(=O)OCC2c3ccccc3-c3ccccc32)CC1. The maximum atomic E-state index is 12.6. The van der Waals surface area contributed by atoms with Gasteiger partial charge in [-0.15, -0.1) is 0 Å². The number of rotatable bonds is 5. The lowest BCUT2D eigenvalue weighted by molar-refractivity contribution is -0.153. The number of hydrogen-bond acceptors (Lipinski definition) is 4. The van der Waals surface area contributed by atoms with E-state index >= 15 is 0 Å². The molecule has 1 unspecified atom stereocenters. The number of fused-ring (bicyclic) bond motifs is 3. The van der Waals surface area contributed by atoms with Gasteiger partial charge in [-0.25, -0.2) is 9.59 Å². The number of nitrogens with zero attached hydrogens (tertiary/aromatic N) is 1. The van der Waals surface area contributed by atoms with E-state index in [0.717, 1.165) is 0 Å². The third kappa shape index (κ3) is 3.72. The quantitative estimate of drug-likeness (QED) is 0.835. The molecule has 0 saturated carbocycles. The lowest BCUT2D eigenvalue weighted by atomic mass is 9.91. The van der Waals surface area contributed by atoms with Crippen molar-refractivity contribution in [3.8, 4) is 11.1 Å². The summed E-state index contributed by atoms with van der Waals surface area (Å²) in [5, 5.41) is 9.24. The molecule has 6 heteroatoms. The number of carboxylic acids is 1. The molecule has 1 aliphatic heterocycles. The lowest BCUT2D eigenvalue weighted by Gasteiger charge is -2.33. The van der Waals surface area contributed by atoms with E-state index in [1.807, 2.05) is 24.3 Å². The Hall–Kier alpha value is -2.86. The van der Waals surface area contributed by atoms with E-state index in [4.69, 9.17) is 9.47 Å². The first kappa shape index (κ1) is 19.5. The van der Waals surface area contributed by atoms with E-state index in [1.165, 1.54) is 29.4 Å². The van der Waals surface area contributed by atoms with Gasteiger partial charge in [0, 0.05) is 26.1 Å². The fraction of sp³-hybridized carbons (Fsp3) is 0.391. The van der Waals surface area contributed by atoms with Gasteiger partial charge in [-0.1, -0.05) is 48.5 Å². The number of amides is 1. The van der Waals surface area contributed by atoms with Gasteiger partial charge >= 0.3 is 12.1 Å². The summed E-state index contributed by atoms with van der Waals surface area (Å²) < 4.78 is 10.8. The first-order valence-corrected chi connectivity index (χ1v) is 9.95. The van der Waals surface area contributed by atoms with Gasteiger partial charge in [0.25, 0.3) is 0 Å². The number of carbonyl (C=O) groups excluding carboxylic acids is 1. The van der Waals surface area contributed by atoms with E-state index in [0.29, 0.717) is 32.5 Å². The van der Waals surface area contributed by atoms with Crippen LogP contribution in [0.5, 0.6) is 0 Å². The Kier molecular flexibility index (Phi) is 5.53. The number of methoxy groups -OCH3 is 1. The fourth-order valence-electron chi connectivity index (χ4n) is 4.56. The van der Waals surface area contributed by atoms with Gasteiger partial charge in [-0.3, -0.25) is 0 Å². The monoisotopic (exact) mass is 395 g/mol. The van der Waals surface area contributed by atoms with Crippen LogP contribution in [0.25, 0.3) is 11.1 Å². The fourth-order valence-corrected chi connectivity index (χ4v) is 4.56. The molecule has 0 spiro atoms. The number of hydrogen-bond donors (Lipinski definition) is 1. The van der Waals surface area contributed by atoms with Crippen molar-refractivity contribution in [3.05, 3.63) is 59.7 Å². The van der Waals surface area contributed by atoms with Crippen LogP contribution in [0.4, 0.5) is 4.79 Å². The summed E-state index contributed by atoms with van der Waals surface area (Å²) in [6.45, 7) is 1.26. The average Bonchev–Trinajstić information content (AvgIpc) is 3.07. The second-order valence-corrected chi connectivity index (χ2v) is 7.62. The maximum Gasteiger partial charge on any atom is 0.409 e. The van der Waals surface area contributed by atoms with E-state index in [-0.39, 0.29) is 17.9 Å². The highest BCUT2D eigenvalue weighted by atomic mass is 16.6. The van der Waals surface area contributed by atoms with Crippen LogP contribution in [0, 0.1) is 5.92 Å². The van der Waals surface area contributed by atoms with Crippen molar-refractivity contribution < 1.29 is 24.2 Å². The van der Waals surface area contributed by atoms with E-state index in [9.17, 15) is 14.7 Å². The first-order valence-electron chi connectivity index (χ1n) is 9.95. The zero-order valence-electron chi connectivity index (χ0n) is 16.4. The standard InChI is InChI=1S/C23H25NO5/c1-28-21(22(25)26)15-10-12-24(13-11-15)23(27)29-14-20-18-8-4-2-6-16(18)17-7-3-5-9-19(17)20/h2-9,15,20-21H,10-14H2,1H3,(H,25,26). The van der Waals surface area contributed by atoms with Crippen molar-refractivity contribution in [2.75, 3.05) is 26.8 Å². The van der Waals surface area contributed by atoms with Crippen LogP contribution in [0.15, 0.2) is 48.5 Å². The molecule has 0 radical (unpaired) electrons. The Morgan fingerprint density at radius 3 is 2.10 bits per heavy atom. The summed E-state index contributed by atoms with van der Waals surface area (Å²) in [5.74, 6) is -1.00. The van der Waals surface area contributed by atoms with E-state index < -0.39 is 12.1 Å². The van der Waals surface area contributed by atoms with Gasteiger partial charge in [-0.05, 0) is 41.0 Å². The van der Waals surface area contributed by atoms with Gasteiger partial charge in [-0.2, -0.15) is 0 Å². The van der Waals surface area contributed by atoms with Crippen LogP contribution in [0.3, 0.4) is 0 Å². The number of aliphatic carboxylic acids is 1. The molecule has 6 nitrogen and oxygen atoms in total. The van der Waals surface area contributed by atoms with Crippen molar-refractivity contribution >= 4 is 12.1 Å². The summed E-state index contributed by atoms with van der Waals surface area (Å²) in [7, 11) is 1.41. The topological polar surface area (TPSA) is 76.1 Å². The predicted octanol–water partition coefficient (Wildman–Crippen LogP) is 3.75. The Labute approximate surface area is 170 Å². The Bertz CT molecular complexity index is 858. The molecule has 1 saturated heterocycles. The van der Waals surface area contributed by atoms with Gasteiger partial charge in [0.05, 0.1) is 0 Å². The normalized spacial score (nSPS) is 17.5. The third-order valence-corrected chi connectivity index (χ3v) is 6.06. The van der Waals surface area contributed by atoms with Crippen LogP contribution in [0.1, 0.15) is 29.9 Å². The average molecular weight is 395 g/mol. The molecule has 2 aromatic rings. The molecule has 1 heterocycles. The molecule has 0 bridgehead atoms. The highest BCUT2D eigenvalue weighted by molar-refractivity contribution is 5.79. The Morgan fingerprint density at radius 1 is 1.03 bits per heavy atom. The summed E-state index contributed by atoms with van der Waals surface area (Å²) in [4.78, 5) is 25.5. The van der Waals surface area contributed by atoms with Crippen molar-refractivity contribution in [1.82, 2.24) is 4.90 Å². The number of ether oxygens (including phenoxy) is 2. The molecule has 0 aromatic heterocycles. The van der Waals surface area contributed by atoms with Crippen molar-refractivity contribution in [1.29, 1.82) is 0 Å². The number of piperidine rings is 1. The molecule has 1 atom stereocenters. The van der Waals surface area contributed by atoms with Crippen molar-refractivity contribution in [2.24, 2.45) is 5.92 Å². The smallest absolute Gasteiger partial charge is 0.409 e. The van der Waals surface area contributed by atoms with E-state index in [2.05, 4.69) is 24.3 Å². The van der Waals surface area contributed by atoms with Crippen LogP contribution >= 0.6 is 0 Å². The molecule has 1 amide bonds. The molecular weight excluding hydrogens is 370 g/mol. The number of likely N-dealkylation sites (tertiary alicyclic amines) is 1. The van der Waals surface area contributed by atoms with Crippen LogP contribution < -0.4 is 0 Å². The molecule has 29 heavy (non-hydrogen) atoms. The van der Waals surface area contributed by atoms with Crippen LogP contribution in [-0.2, 0) is 14.3 Å². The summed E-state index contributed by atoms with van der Waals surface area (Å²) >= 11 is 0. The largest absolute Gasteiger partial charge is 0.479 e. The molecule has 2 aromatic carbocycles. The molecular formula is C23H25NO5. The highest BCUT2D eigenvalue weighted by Gasteiger charge is 2.34. The molecule has 4 rings (SSSR count). The molecule has 1 fully saturated rings. The minimum absolute atomic E-state index is 0.0359. The number of benzene rings is 2. The van der Waals surface area contributed by atoms with E-state index in [1.54, 1.807) is 4.90 Å². The first-order chi connectivity index (χ1) is 14.1. The minimum atomic E-state index is -0.952. The second-order valence-electron chi connectivity index (χ2n) is 7.62. The Balaban J connectivity index is 1.38. The second kappa shape index (κ2) is 8.25. The van der Waals surface area contributed by atoms with Gasteiger partial charge in [0.1, 0.15) is 6.61 Å². The lowest BCUT2D eigenvalue weighted by Crippen LogP contribution is -2.44. The van der Waals surface area contributed by atoms with Gasteiger partial charge in [0.2, 0.25) is 0 Å². The molecule has 152 valence electrons. The van der Waals surface area contributed by atoms with Crippen LogP contribution in [0.2, 0.25) is 0 Å². The van der Waals surface area contributed by atoms with Gasteiger partial charge < -0.3 is 19.5 Å².